The van der Waals surface area contributed by atoms with E-state index in [9.17, 15) is 10.0 Å². The van der Waals surface area contributed by atoms with Gasteiger partial charge in [0.05, 0.1) is 16.1 Å². The Morgan fingerprint density at radius 1 is 1.33 bits per heavy atom. The van der Waals surface area contributed by atoms with Crippen molar-refractivity contribution < 1.29 is 4.73 Å². The molecule has 1 N–H and O–H groups in total. The first-order valence-electron chi connectivity index (χ1n) is 7.75. The van der Waals surface area contributed by atoms with Crippen LogP contribution in [0.4, 0.5) is 0 Å². The number of hydrogen-bond acceptors (Lipinski definition) is 5. The van der Waals surface area contributed by atoms with Gasteiger partial charge in [-0.25, -0.2) is 4.98 Å². The highest BCUT2D eigenvalue weighted by Gasteiger charge is 2.21. The van der Waals surface area contributed by atoms with Crippen molar-refractivity contribution in [2.24, 2.45) is 0 Å². The zero-order chi connectivity index (χ0) is 16.5. The Morgan fingerprint density at radius 3 is 2.92 bits per heavy atom. The maximum Gasteiger partial charge on any atom is 0.255 e. The van der Waals surface area contributed by atoms with Gasteiger partial charge < -0.3 is 10.2 Å². The van der Waals surface area contributed by atoms with Crippen molar-refractivity contribution in [1.29, 1.82) is 0 Å². The molecule has 0 saturated carbocycles. The van der Waals surface area contributed by atoms with Crippen molar-refractivity contribution in [3.05, 3.63) is 74.4 Å². The van der Waals surface area contributed by atoms with Gasteiger partial charge in [0.1, 0.15) is 0 Å². The summed E-state index contributed by atoms with van der Waals surface area (Å²) in [6.07, 6.45) is 3.75. The standard InChI is InChI=1S/C17H16N4O2S/c22-17-13-11-20(10-12-3-7-21(23)8-4-12)6-5-14(13)18-16(19-17)15-2-1-9-24-15/h1-4,7-9H,5-6,10-11H2,(H,18,19,22). The summed E-state index contributed by atoms with van der Waals surface area (Å²) in [7, 11) is 0. The van der Waals surface area contributed by atoms with Crippen LogP contribution >= 0.6 is 11.3 Å². The van der Waals surface area contributed by atoms with Crippen LogP contribution in [0.5, 0.6) is 0 Å². The average molecular weight is 340 g/mol. The highest BCUT2D eigenvalue weighted by Crippen LogP contribution is 2.22. The molecule has 3 aromatic heterocycles. The molecule has 0 aliphatic carbocycles. The molecule has 3 aromatic rings. The molecule has 0 atom stereocenters. The molecule has 24 heavy (non-hydrogen) atoms. The molecule has 0 spiro atoms. The maximum absolute atomic E-state index is 12.5. The van der Waals surface area contributed by atoms with Crippen molar-refractivity contribution >= 4 is 11.3 Å². The number of aromatic amines is 1. The minimum absolute atomic E-state index is 0.0569. The minimum Gasteiger partial charge on any atom is -0.619 e. The fourth-order valence-electron chi connectivity index (χ4n) is 2.95. The van der Waals surface area contributed by atoms with E-state index in [-0.39, 0.29) is 5.56 Å². The number of thiophene rings is 1. The number of rotatable bonds is 3. The van der Waals surface area contributed by atoms with E-state index >= 15 is 0 Å². The predicted molar refractivity (Wildman–Crippen MR) is 91.4 cm³/mol. The van der Waals surface area contributed by atoms with Crippen molar-refractivity contribution in [2.75, 3.05) is 6.54 Å². The number of nitrogens with zero attached hydrogens (tertiary/aromatic N) is 3. The topological polar surface area (TPSA) is 75.9 Å². The van der Waals surface area contributed by atoms with Crippen LogP contribution in [-0.4, -0.2) is 21.4 Å². The maximum atomic E-state index is 12.5. The zero-order valence-electron chi connectivity index (χ0n) is 12.9. The third-order valence-electron chi connectivity index (χ3n) is 4.18. The Hall–Kier alpha value is -2.51. The van der Waals surface area contributed by atoms with E-state index < -0.39 is 0 Å². The lowest BCUT2D eigenvalue weighted by molar-refractivity contribution is -0.605. The molecule has 7 heteroatoms. The van der Waals surface area contributed by atoms with Crippen LogP contribution < -0.4 is 10.3 Å². The number of fused-ring (bicyclic) bond motifs is 1. The summed E-state index contributed by atoms with van der Waals surface area (Å²) < 4.78 is 0.774. The molecule has 0 amide bonds. The van der Waals surface area contributed by atoms with Crippen molar-refractivity contribution in [1.82, 2.24) is 14.9 Å². The van der Waals surface area contributed by atoms with Gasteiger partial charge in [-0.05, 0) is 17.0 Å². The van der Waals surface area contributed by atoms with Gasteiger partial charge in [-0.15, -0.1) is 11.3 Å². The fourth-order valence-corrected chi connectivity index (χ4v) is 3.62. The summed E-state index contributed by atoms with van der Waals surface area (Å²) in [5.41, 5.74) is 2.64. The van der Waals surface area contributed by atoms with E-state index in [1.807, 2.05) is 29.6 Å². The number of hydrogen-bond donors (Lipinski definition) is 1. The largest absolute Gasteiger partial charge is 0.619 e. The first kappa shape index (κ1) is 15.0. The van der Waals surface area contributed by atoms with E-state index in [1.165, 1.54) is 12.4 Å². The van der Waals surface area contributed by atoms with Crippen LogP contribution in [0.3, 0.4) is 0 Å². The lowest BCUT2D eigenvalue weighted by atomic mass is 10.1. The monoisotopic (exact) mass is 340 g/mol. The second-order valence-electron chi connectivity index (χ2n) is 5.84. The Kier molecular flexibility index (Phi) is 3.87. The first-order chi connectivity index (χ1) is 11.7. The van der Waals surface area contributed by atoms with E-state index in [4.69, 9.17) is 0 Å². The predicted octanol–water partition coefficient (Wildman–Crippen LogP) is 1.69. The Bertz CT molecular complexity index is 903. The van der Waals surface area contributed by atoms with Gasteiger partial charge in [0, 0.05) is 38.2 Å². The molecule has 0 aromatic carbocycles. The molecule has 0 fully saturated rings. The van der Waals surface area contributed by atoms with Gasteiger partial charge in [0.25, 0.3) is 5.56 Å². The number of H-pyrrole nitrogens is 1. The van der Waals surface area contributed by atoms with Crippen molar-refractivity contribution in [2.45, 2.75) is 19.5 Å². The summed E-state index contributed by atoms with van der Waals surface area (Å²) in [6.45, 7) is 2.14. The van der Waals surface area contributed by atoms with Gasteiger partial charge >= 0.3 is 0 Å². The highest BCUT2D eigenvalue weighted by molar-refractivity contribution is 7.13. The normalized spacial score (nSPS) is 14.5. The Labute approximate surface area is 142 Å². The van der Waals surface area contributed by atoms with Gasteiger partial charge in [-0.2, -0.15) is 4.73 Å². The Morgan fingerprint density at radius 2 is 2.17 bits per heavy atom. The van der Waals surface area contributed by atoms with Gasteiger partial charge in [0.15, 0.2) is 18.2 Å². The van der Waals surface area contributed by atoms with Crippen LogP contribution in [-0.2, 0) is 19.5 Å². The Balaban J connectivity index is 1.57. The number of pyridine rings is 1. The fraction of sp³-hybridized carbons (Fsp3) is 0.235. The number of nitrogens with one attached hydrogen (secondary N) is 1. The lowest BCUT2D eigenvalue weighted by Gasteiger charge is -2.27. The molecule has 0 saturated heterocycles. The summed E-state index contributed by atoms with van der Waals surface area (Å²) in [4.78, 5) is 23.2. The van der Waals surface area contributed by atoms with E-state index in [2.05, 4.69) is 14.9 Å². The van der Waals surface area contributed by atoms with Crippen LogP contribution in [0, 0.1) is 5.21 Å². The van der Waals surface area contributed by atoms with Crippen molar-refractivity contribution in [3.63, 3.8) is 0 Å². The lowest BCUT2D eigenvalue weighted by Crippen LogP contribution is -2.35. The quantitative estimate of drug-likeness (QED) is 0.581. The molecule has 6 nitrogen and oxygen atoms in total. The molecule has 0 unspecified atom stereocenters. The molecule has 0 radical (unpaired) electrons. The molecular formula is C17H16N4O2S. The molecular weight excluding hydrogens is 324 g/mol. The SMILES string of the molecule is O=c1[nH]c(-c2cccs2)nc2c1CN(Cc1cc[n+]([O-])cc1)CC2. The molecule has 122 valence electrons. The third kappa shape index (κ3) is 2.95. The molecule has 1 aliphatic heterocycles. The summed E-state index contributed by atoms with van der Waals surface area (Å²) in [6, 6.07) is 7.53. The van der Waals surface area contributed by atoms with Gasteiger partial charge in [-0.1, -0.05) is 6.07 Å². The van der Waals surface area contributed by atoms with E-state index in [0.29, 0.717) is 18.9 Å². The zero-order valence-corrected chi connectivity index (χ0v) is 13.8. The summed E-state index contributed by atoms with van der Waals surface area (Å²) >= 11 is 1.57. The van der Waals surface area contributed by atoms with E-state index in [1.54, 1.807) is 11.3 Å². The summed E-state index contributed by atoms with van der Waals surface area (Å²) in [5.74, 6) is 0.658. The third-order valence-corrected chi connectivity index (χ3v) is 5.06. The smallest absolute Gasteiger partial charge is 0.255 e. The first-order valence-corrected chi connectivity index (χ1v) is 8.63. The van der Waals surface area contributed by atoms with E-state index in [0.717, 1.165) is 39.4 Å². The van der Waals surface area contributed by atoms with Crippen LogP contribution in [0.25, 0.3) is 10.7 Å². The molecule has 4 rings (SSSR count). The summed E-state index contributed by atoms with van der Waals surface area (Å²) in [5, 5.41) is 13.1. The second-order valence-corrected chi connectivity index (χ2v) is 6.79. The van der Waals surface area contributed by atoms with Crippen LogP contribution in [0.2, 0.25) is 0 Å². The second kappa shape index (κ2) is 6.18. The minimum atomic E-state index is -0.0569. The molecule has 0 bridgehead atoms. The molecule has 1 aliphatic rings. The molecule has 4 heterocycles. The van der Waals surface area contributed by atoms with Gasteiger partial charge in [0.2, 0.25) is 0 Å². The van der Waals surface area contributed by atoms with Crippen molar-refractivity contribution in [3.8, 4) is 10.7 Å². The van der Waals surface area contributed by atoms with Crippen LogP contribution in [0.15, 0.2) is 46.8 Å². The van der Waals surface area contributed by atoms with Crippen LogP contribution in [0.1, 0.15) is 16.8 Å². The average Bonchev–Trinajstić information content (AvgIpc) is 3.12. The highest BCUT2D eigenvalue weighted by atomic mass is 32.1. The number of aromatic nitrogens is 3. The van der Waals surface area contributed by atoms with Gasteiger partial charge in [-0.3, -0.25) is 9.69 Å².